The standard InChI is InChI=1S/C7H3ClF2N2/c8-7-4-1-3(9)2-5(10)6(4)11-12-7/h1-2H,(H,11,12). The molecule has 0 saturated carbocycles. The van der Waals surface area contributed by atoms with E-state index in [-0.39, 0.29) is 16.1 Å². The van der Waals surface area contributed by atoms with Crippen molar-refractivity contribution in [2.45, 2.75) is 0 Å². The molecule has 0 saturated heterocycles. The van der Waals surface area contributed by atoms with E-state index in [9.17, 15) is 8.78 Å². The number of rotatable bonds is 0. The van der Waals surface area contributed by atoms with Gasteiger partial charge in [-0.2, -0.15) is 5.10 Å². The lowest BCUT2D eigenvalue weighted by Crippen LogP contribution is -1.80. The smallest absolute Gasteiger partial charge is 0.154 e. The molecule has 2 aromatic rings. The highest BCUT2D eigenvalue weighted by Crippen LogP contribution is 2.23. The van der Waals surface area contributed by atoms with Crippen LogP contribution in [0.4, 0.5) is 8.78 Å². The zero-order valence-electron chi connectivity index (χ0n) is 5.74. The van der Waals surface area contributed by atoms with Gasteiger partial charge in [-0.1, -0.05) is 11.6 Å². The summed E-state index contributed by atoms with van der Waals surface area (Å²) in [6, 6.07) is 1.89. The first kappa shape index (κ1) is 7.49. The minimum absolute atomic E-state index is 0.0569. The topological polar surface area (TPSA) is 28.7 Å². The van der Waals surface area contributed by atoms with Crippen molar-refractivity contribution in [2.75, 3.05) is 0 Å². The van der Waals surface area contributed by atoms with Gasteiger partial charge in [-0.3, -0.25) is 5.10 Å². The number of nitrogens with zero attached hydrogens (tertiary/aromatic N) is 1. The van der Waals surface area contributed by atoms with Crippen molar-refractivity contribution < 1.29 is 8.78 Å². The molecule has 62 valence electrons. The van der Waals surface area contributed by atoms with Crippen molar-refractivity contribution >= 4 is 22.5 Å². The fourth-order valence-corrected chi connectivity index (χ4v) is 1.20. The summed E-state index contributed by atoms with van der Waals surface area (Å²) >= 11 is 5.57. The van der Waals surface area contributed by atoms with Gasteiger partial charge >= 0.3 is 0 Å². The first-order valence-electron chi connectivity index (χ1n) is 3.17. The summed E-state index contributed by atoms with van der Waals surface area (Å²) in [5.41, 5.74) is 0.0569. The molecule has 0 fully saturated rings. The van der Waals surface area contributed by atoms with Gasteiger partial charge in [0.2, 0.25) is 0 Å². The summed E-state index contributed by atoms with van der Waals surface area (Å²) in [5.74, 6) is -1.38. The Morgan fingerprint density at radius 2 is 2.08 bits per heavy atom. The number of H-pyrrole nitrogens is 1. The van der Waals surface area contributed by atoms with Crippen LogP contribution < -0.4 is 0 Å². The van der Waals surface area contributed by atoms with E-state index in [4.69, 9.17) is 11.6 Å². The maximum atomic E-state index is 12.9. The highest BCUT2D eigenvalue weighted by molar-refractivity contribution is 6.34. The number of nitrogens with one attached hydrogen (secondary N) is 1. The van der Waals surface area contributed by atoms with Crippen LogP contribution in [0.2, 0.25) is 5.15 Å². The van der Waals surface area contributed by atoms with Crippen molar-refractivity contribution in [2.24, 2.45) is 0 Å². The molecule has 0 atom stereocenters. The molecule has 0 aliphatic heterocycles. The number of hydrogen-bond acceptors (Lipinski definition) is 1. The summed E-state index contributed by atoms with van der Waals surface area (Å²) in [4.78, 5) is 0. The first-order valence-corrected chi connectivity index (χ1v) is 3.55. The third-order valence-corrected chi connectivity index (χ3v) is 1.82. The Bertz CT molecular complexity index is 438. The first-order chi connectivity index (χ1) is 5.68. The molecule has 0 spiro atoms. The Kier molecular flexibility index (Phi) is 1.51. The predicted octanol–water partition coefficient (Wildman–Crippen LogP) is 2.49. The van der Waals surface area contributed by atoms with Gasteiger partial charge in [-0.25, -0.2) is 8.78 Å². The molecule has 1 heterocycles. The van der Waals surface area contributed by atoms with E-state index in [0.29, 0.717) is 0 Å². The third-order valence-electron chi connectivity index (χ3n) is 1.53. The van der Waals surface area contributed by atoms with Crippen molar-refractivity contribution in [3.05, 3.63) is 28.9 Å². The molecule has 1 aromatic heterocycles. The summed E-state index contributed by atoms with van der Waals surface area (Å²) in [5, 5.41) is 6.31. The van der Waals surface area contributed by atoms with Crippen LogP contribution in [0, 0.1) is 11.6 Å². The molecule has 5 heteroatoms. The summed E-state index contributed by atoms with van der Waals surface area (Å²) in [6.45, 7) is 0. The van der Waals surface area contributed by atoms with Crippen LogP contribution in [0.3, 0.4) is 0 Å². The zero-order chi connectivity index (χ0) is 8.72. The number of benzene rings is 1. The van der Waals surface area contributed by atoms with Gasteiger partial charge in [0.05, 0.1) is 0 Å². The lowest BCUT2D eigenvalue weighted by molar-refractivity contribution is 0.590. The predicted molar refractivity (Wildman–Crippen MR) is 41.0 cm³/mol. The van der Waals surface area contributed by atoms with Crippen LogP contribution in [0.1, 0.15) is 0 Å². The molecule has 0 aliphatic rings. The molecular formula is C7H3ClF2N2. The highest BCUT2D eigenvalue weighted by atomic mass is 35.5. The maximum absolute atomic E-state index is 12.9. The number of aromatic nitrogens is 2. The molecule has 12 heavy (non-hydrogen) atoms. The fourth-order valence-electron chi connectivity index (χ4n) is 1.01. The van der Waals surface area contributed by atoms with E-state index in [1.54, 1.807) is 0 Å². The third kappa shape index (κ3) is 0.956. The molecule has 2 rings (SSSR count). The normalized spacial score (nSPS) is 10.9. The minimum atomic E-state index is -0.715. The Hall–Kier alpha value is -1.16. The Balaban J connectivity index is 2.92. The molecule has 2 nitrogen and oxygen atoms in total. The average molecular weight is 189 g/mol. The molecule has 0 bridgehead atoms. The van der Waals surface area contributed by atoms with Crippen LogP contribution in [-0.4, -0.2) is 10.2 Å². The molecule has 0 radical (unpaired) electrons. The monoisotopic (exact) mass is 188 g/mol. The maximum Gasteiger partial charge on any atom is 0.154 e. The largest absolute Gasteiger partial charge is 0.266 e. The van der Waals surface area contributed by atoms with Crippen molar-refractivity contribution in [3.63, 3.8) is 0 Å². The Morgan fingerprint density at radius 3 is 2.83 bits per heavy atom. The molecule has 0 amide bonds. The molecule has 0 aliphatic carbocycles. The minimum Gasteiger partial charge on any atom is -0.266 e. The number of fused-ring (bicyclic) bond motifs is 1. The fraction of sp³-hybridized carbons (Fsp3) is 0. The highest BCUT2D eigenvalue weighted by Gasteiger charge is 2.09. The summed E-state index contributed by atoms with van der Waals surface area (Å²) in [6.07, 6.45) is 0. The number of aromatic amines is 1. The second kappa shape index (κ2) is 2.42. The van der Waals surface area contributed by atoms with Crippen LogP contribution in [-0.2, 0) is 0 Å². The van der Waals surface area contributed by atoms with Crippen LogP contribution in [0.25, 0.3) is 10.9 Å². The molecule has 1 N–H and O–H groups in total. The van der Waals surface area contributed by atoms with Gasteiger partial charge < -0.3 is 0 Å². The average Bonchev–Trinajstić information content (AvgIpc) is 2.33. The molecular weight excluding hydrogens is 186 g/mol. The van der Waals surface area contributed by atoms with E-state index in [1.807, 2.05) is 0 Å². The van der Waals surface area contributed by atoms with Crippen LogP contribution >= 0.6 is 11.6 Å². The lowest BCUT2D eigenvalue weighted by atomic mass is 10.2. The van der Waals surface area contributed by atoms with E-state index in [0.717, 1.165) is 12.1 Å². The second-order valence-electron chi connectivity index (χ2n) is 2.32. The second-order valence-corrected chi connectivity index (χ2v) is 2.70. The number of halogens is 3. The van der Waals surface area contributed by atoms with E-state index in [2.05, 4.69) is 10.2 Å². The van der Waals surface area contributed by atoms with Gasteiger partial charge in [-0.15, -0.1) is 0 Å². The molecule has 0 unspecified atom stereocenters. The SMILES string of the molecule is Fc1cc(F)c2n[nH]c(Cl)c2c1. The lowest BCUT2D eigenvalue weighted by Gasteiger charge is -1.90. The summed E-state index contributed by atoms with van der Waals surface area (Å²) in [7, 11) is 0. The van der Waals surface area contributed by atoms with Gasteiger partial charge in [0.25, 0.3) is 0 Å². The van der Waals surface area contributed by atoms with E-state index in [1.165, 1.54) is 0 Å². The summed E-state index contributed by atoms with van der Waals surface area (Å²) < 4.78 is 25.5. The van der Waals surface area contributed by atoms with Crippen molar-refractivity contribution in [3.8, 4) is 0 Å². The van der Waals surface area contributed by atoms with E-state index >= 15 is 0 Å². The zero-order valence-corrected chi connectivity index (χ0v) is 6.49. The van der Waals surface area contributed by atoms with Crippen molar-refractivity contribution in [1.82, 2.24) is 10.2 Å². The van der Waals surface area contributed by atoms with E-state index < -0.39 is 11.6 Å². The van der Waals surface area contributed by atoms with Crippen molar-refractivity contribution in [1.29, 1.82) is 0 Å². The van der Waals surface area contributed by atoms with Gasteiger partial charge in [0.15, 0.2) is 5.82 Å². The van der Waals surface area contributed by atoms with Gasteiger partial charge in [0.1, 0.15) is 16.5 Å². The van der Waals surface area contributed by atoms with Gasteiger partial charge in [0, 0.05) is 11.5 Å². The Morgan fingerprint density at radius 1 is 1.33 bits per heavy atom. The van der Waals surface area contributed by atoms with Gasteiger partial charge in [-0.05, 0) is 6.07 Å². The number of hydrogen-bond donors (Lipinski definition) is 1. The quantitative estimate of drug-likeness (QED) is 0.676. The van der Waals surface area contributed by atoms with Crippen LogP contribution in [0.5, 0.6) is 0 Å². The van der Waals surface area contributed by atoms with Crippen LogP contribution in [0.15, 0.2) is 12.1 Å². The Labute approximate surface area is 71.1 Å². The molecule has 1 aromatic carbocycles.